The quantitative estimate of drug-likeness (QED) is 0.575. The lowest BCUT2D eigenvalue weighted by Gasteiger charge is -2.27. The van der Waals surface area contributed by atoms with Crippen molar-refractivity contribution in [2.75, 3.05) is 0 Å². The molecule has 1 aromatic heterocycles. The van der Waals surface area contributed by atoms with E-state index in [4.69, 9.17) is 0 Å². The maximum atomic E-state index is 4.42. The van der Waals surface area contributed by atoms with Gasteiger partial charge in [-0.05, 0) is 26.2 Å². The van der Waals surface area contributed by atoms with Gasteiger partial charge in [0.25, 0.3) is 0 Å². The first-order chi connectivity index (χ1) is 5.68. The van der Waals surface area contributed by atoms with Crippen molar-refractivity contribution in [3.8, 4) is 0 Å². The molecule has 2 unspecified atom stereocenters. The average Bonchev–Trinajstić information content (AvgIpc) is 2.31. The summed E-state index contributed by atoms with van der Waals surface area (Å²) in [6.07, 6.45) is 4.44. The largest absolute Gasteiger partial charge is 0.330 e. The predicted octanol–water partition coefficient (Wildman–Crippen LogP) is 2.33. The Morgan fingerprint density at radius 2 is 2.25 bits per heavy atom. The van der Waals surface area contributed by atoms with Gasteiger partial charge in [0.15, 0.2) is 0 Å². The maximum Gasteiger partial charge on any atom is 0.109 e. The van der Waals surface area contributed by atoms with Gasteiger partial charge in [-0.15, -0.1) is 0 Å². The molecule has 2 rings (SSSR count). The molecule has 0 saturated heterocycles. The van der Waals surface area contributed by atoms with Gasteiger partial charge in [0.1, 0.15) is 5.82 Å². The number of aromatic nitrogens is 2. The minimum absolute atomic E-state index is 0.645. The topological polar surface area (TPSA) is 17.8 Å². The molecule has 0 N–H and O–H groups in total. The molecule has 1 aliphatic heterocycles. The van der Waals surface area contributed by atoms with Gasteiger partial charge in [-0.2, -0.15) is 0 Å². The Morgan fingerprint density at radius 3 is 3.00 bits per heavy atom. The van der Waals surface area contributed by atoms with Crippen LogP contribution in [0.25, 0.3) is 0 Å². The van der Waals surface area contributed by atoms with E-state index < -0.39 is 0 Å². The van der Waals surface area contributed by atoms with Gasteiger partial charge in [0.05, 0.1) is 0 Å². The third kappa shape index (κ3) is 1.06. The average molecular weight is 164 g/mol. The second kappa shape index (κ2) is 2.61. The number of rotatable bonds is 0. The Kier molecular flexibility index (Phi) is 1.71. The van der Waals surface area contributed by atoms with Crippen LogP contribution >= 0.6 is 0 Å². The zero-order valence-corrected chi connectivity index (χ0v) is 8.04. The van der Waals surface area contributed by atoms with Crippen molar-refractivity contribution in [3.05, 3.63) is 17.7 Å². The highest BCUT2D eigenvalue weighted by atomic mass is 15.1. The molecule has 0 amide bonds. The number of nitrogens with zero attached hydrogens (tertiary/aromatic N) is 2. The summed E-state index contributed by atoms with van der Waals surface area (Å²) in [4.78, 5) is 4.42. The molecule has 66 valence electrons. The van der Waals surface area contributed by atoms with Crippen LogP contribution in [0.4, 0.5) is 0 Å². The van der Waals surface area contributed by atoms with E-state index in [1.165, 1.54) is 17.9 Å². The predicted molar refractivity (Wildman–Crippen MR) is 49.2 cm³/mol. The minimum Gasteiger partial charge on any atom is -0.330 e. The van der Waals surface area contributed by atoms with Crippen LogP contribution in [0.1, 0.15) is 37.8 Å². The Morgan fingerprint density at radius 1 is 1.50 bits per heavy atom. The van der Waals surface area contributed by atoms with Gasteiger partial charge >= 0.3 is 0 Å². The van der Waals surface area contributed by atoms with Crippen molar-refractivity contribution in [2.24, 2.45) is 5.92 Å². The normalized spacial score (nSPS) is 28.6. The lowest BCUT2D eigenvalue weighted by atomic mass is 9.95. The molecule has 1 aromatic rings. The number of hydrogen-bond donors (Lipinski definition) is 0. The molecule has 2 heteroatoms. The highest BCUT2D eigenvalue weighted by Crippen LogP contribution is 2.28. The fraction of sp³-hybridized carbons (Fsp3) is 0.700. The Labute approximate surface area is 73.6 Å². The van der Waals surface area contributed by atoms with E-state index in [0.717, 1.165) is 12.3 Å². The van der Waals surface area contributed by atoms with Gasteiger partial charge in [0, 0.05) is 24.4 Å². The Hall–Kier alpha value is -0.790. The number of imidazole rings is 1. The Balaban J connectivity index is 2.43. The number of aryl methyl sites for hydroxylation is 1. The molecular weight excluding hydrogens is 148 g/mol. The van der Waals surface area contributed by atoms with Gasteiger partial charge in [-0.25, -0.2) is 4.98 Å². The monoisotopic (exact) mass is 164 g/mol. The lowest BCUT2D eigenvalue weighted by Crippen LogP contribution is -2.21. The van der Waals surface area contributed by atoms with Crippen molar-refractivity contribution in [1.82, 2.24) is 9.55 Å². The van der Waals surface area contributed by atoms with Crippen molar-refractivity contribution in [1.29, 1.82) is 0 Å². The molecule has 12 heavy (non-hydrogen) atoms. The summed E-state index contributed by atoms with van der Waals surface area (Å²) in [5, 5.41) is 0. The molecule has 0 radical (unpaired) electrons. The molecular formula is C10H16N2. The maximum absolute atomic E-state index is 4.42. The second-order valence-corrected chi connectivity index (χ2v) is 4.08. The third-order valence-corrected chi connectivity index (χ3v) is 2.77. The molecule has 2 atom stereocenters. The van der Waals surface area contributed by atoms with E-state index in [0.29, 0.717) is 6.04 Å². The molecule has 1 aliphatic rings. The Bertz CT molecular complexity index is 288. The van der Waals surface area contributed by atoms with E-state index in [1.54, 1.807) is 0 Å². The van der Waals surface area contributed by atoms with Crippen LogP contribution in [-0.2, 0) is 6.42 Å². The molecule has 2 heterocycles. The summed E-state index contributed by atoms with van der Waals surface area (Å²) in [5.74, 6) is 2.08. The fourth-order valence-electron chi connectivity index (χ4n) is 2.33. The molecule has 0 aliphatic carbocycles. The third-order valence-electron chi connectivity index (χ3n) is 2.77. The zero-order chi connectivity index (χ0) is 8.72. The minimum atomic E-state index is 0.645. The smallest absolute Gasteiger partial charge is 0.109 e. The molecule has 2 nitrogen and oxygen atoms in total. The zero-order valence-electron chi connectivity index (χ0n) is 8.04. The van der Waals surface area contributed by atoms with Crippen LogP contribution in [0, 0.1) is 12.8 Å². The lowest BCUT2D eigenvalue weighted by molar-refractivity contribution is 0.339. The fourth-order valence-corrected chi connectivity index (χ4v) is 2.33. The van der Waals surface area contributed by atoms with Gasteiger partial charge in [0.2, 0.25) is 0 Å². The van der Waals surface area contributed by atoms with E-state index >= 15 is 0 Å². The number of hydrogen-bond acceptors (Lipinski definition) is 1. The number of fused-ring (bicyclic) bond motifs is 1. The van der Waals surface area contributed by atoms with Crippen LogP contribution in [0.5, 0.6) is 0 Å². The SMILES string of the molecule is Cc1cnc2n1C(C)CC(C)C2. The van der Waals surface area contributed by atoms with E-state index in [9.17, 15) is 0 Å². The van der Waals surface area contributed by atoms with E-state index in [-0.39, 0.29) is 0 Å². The first-order valence-corrected chi connectivity index (χ1v) is 4.71. The molecule has 0 fully saturated rings. The summed E-state index contributed by atoms with van der Waals surface area (Å²) >= 11 is 0. The first kappa shape index (κ1) is 7.84. The van der Waals surface area contributed by atoms with Crippen molar-refractivity contribution < 1.29 is 0 Å². The summed E-state index contributed by atoms with van der Waals surface area (Å²) in [7, 11) is 0. The van der Waals surface area contributed by atoms with Crippen LogP contribution < -0.4 is 0 Å². The standard InChI is InChI=1S/C10H16N2/c1-7-4-8(2)12-9(3)6-11-10(12)5-7/h6-8H,4-5H2,1-3H3. The van der Waals surface area contributed by atoms with E-state index in [2.05, 4.69) is 30.3 Å². The first-order valence-electron chi connectivity index (χ1n) is 4.71. The molecule has 0 saturated carbocycles. The second-order valence-electron chi connectivity index (χ2n) is 4.08. The van der Waals surface area contributed by atoms with Gasteiger partial charge < -0.3 is 4.57 Å². The van der Waals surface area contributed by atoms with Crippen LogP contribution in [0.2, 0.25) is 0 Å². The van der Waals surface area contributed by atoms with Gasteiger partial charge in [-0.3, -0.25) is 0 Å². The molecule has 0 spiro atoms. The molecule has 0 aromatic carbocycles. The van der Waals surface area contributed by atoms with Crippen LogP contribution in [-0.4, -0.2) is 9.55 Å². The summed E-state index contributed by atoms with van der Waals surface area (Å²) in [6, 6.07) is 0.645. The summed E-state index contributed by atoms with van der Waals surface area (Å²) < 4.78 is 2.38. The van der Waals surface area contributed by atoms with E-state index in [1.807, 2.05) is 6.20 Å². The van der Waals surface area contributed by atoms with Crippen LogP contribution in [0.3, 0.4) is 0 Å². The van der Waals surface area contributed by atoms with Gasteiger partial charge in [-0.1, -0.05) is 6.92 Å². The highest BCUT2D eigenvalue weighted by molar-refractivity contribution is 5.08. The summed E-state index contributed by atoms with van der Waals surface area (Å²) in [5.41, 5.74) is 1.31. The highest BCUT2D eigenvalue weighted by Gasteiger charge is 2.22. The molecule has 0 bridgehead atoms. The summed E-state index contributed by atoms with van der Waals surface area (Å²) in [6.45, 7) is 6.74. The van der Waals surface area contributed by atoms with Crippen molar-refractivity contribution in [3.63, 3.8) is 0 Å². The van der Waals surface area contributed by atoms with Crippen molar-refractivity contribution in [2.45, 2.75) is 39.7 Å². The van der Waals surface area contributed by atoms with Crippen molar-refractivity contribution >= 4 is 0 Å². The van der Waals surface area contributed by atoms with Crippen LogP contribution in [0.15, 0.2) is 6.20 Å².